The summed E-state index contributed by atoms with van der Waals surface area (Å²) in [5.41, 5.74) is 3.12. The van der Waals surface area contributed by atoms with Crippen LogP contribution in [0.5, 0.6) is 11.5 Å². The van der Waals surface area contributed by atoms with Gasteiger partial charge in [-0.2, -0.15) is 0 Å². The fraction of sp³-hybridized carbons (Fsp3) is 0.235. The third-order valence-corrected chi connectivity index (χ3v) is 8.78. The van der Waals surface area contributed by atoms with Crippen LogP contribution < -0.4 is 24.4 Å². The number of benzene rings is 3. The number of hydrogen-bond donors (Lipinski definition) is 1. The van der Waals surface area contributed by atoms with E-state index in [2.05, 4.69) is 15.9 Å². The average Bonchev–Trinajstić information content (AvgIpc) is 3.34. The minimum absolute atomic E-state index is 0.191. The Bertz CT molecular complexity index is 1960. The van der Waals surface area contributed by atoms with Gasteiger partial charge in [-0.05, 0) is 76.8 Å². The molecule has 45 heavy (non-hydrogen) atoms. The Hall–Kier alpha value is -4.48. The number of thiazole rings is 1. The summed E-state index contributed by atoms with van der Waals surface area (Å²) in [5.74, 6) is -0.346. The Balaban J connectivity index is 1.54. The number of carbonyl (C=O) groups is 2. The Kier molecular flexibility index (Phi) is 9.99. The molecule has 232 valence electrons. The van der Waals surface area contributed by atoms with Gasteiger partial charge in [0.15, 0.2) is 4.80 Å². The molecule has 3 aromatic carbocycles. The first kappa shape index (κ1) is 31.9. The molecule has 0 spiro atoms. The van der Waals surface area contributed by atoms with E-state index in [0.717, 1.165) is 17.5 Å². The molecule has 1 aromatic heterocycles. The summed E-state index contributed by atoms with van der Waals surface area (Å²) in [6.45, 7) is 4.20. The van der Waals surface area contributed by atoms with E-state index in [1.54, 1.807) is 48.9 Å². The van der Waals surface area contributed by atoms with Gasteiger partial charge >= 0.3 is 11.9 Å². The van der Waals surface area contributed by atoms with Gasteiger partial charge in [0.2, 0.25) is 0 Å². The zero-order chi connectivity index (χ0) is 32.1. The standard InChI is InChI=1S/C34H31BrN2O7S/c1-4-8-25-29(33(41)43-5-2)30(23-9-6-7-10-26(23)42-3)37-31(38)28(45-34(37)36-25)18-21-13-16-27(24(35)17-21)44-19-20-11-14-22(15-12-20)32(39)40/h6-7,9-18,30H,4-5,8,19H2,1-3H3,(H,39,40)/b28-18+/t30-/m1/s1. The maximum absolute atomic E-state index is 14.1. The summed E-state index contributed by atoms with van der Waals surface area (Å²) in [4.78, 5) is 43.9. The van der Waals surface area contributed by atoms with Crippen molar-refractivity contribution in [3.05, 3.63) is 124 Å². The third kappa shape index (κ3) is 6.79. The molecule has 1 N–H and O–H groups in total. The van der Waals surface area contributed by atoms with Crippen molar-refractivity contribution in [1.29, 1.82) is 0 Å². The first-order valence-corrected chi connectivity index (χ1v) is 16.0. The molecule has 0 saturated carbocycles. The number of carbonyl (C=O) groups excluding carboxylic acids is 1. The topological polar surface area (TPSA) is 116 Å². The molecule has 0 amide bonds. The number of aromatic carboxylic acids is 1. The van der Waals surface area contributed by atoms with Crippen LogP contribution in [-0.2, 0) is 16.1 Å². The third-order valence-electron chi connectivity index (χ3n) is 7.17. The molecular weight excluding hydrogens is 660 g/mol. The highest BCUT2D eigenvalue weighted by atomic mass is 79.9. The van der Waals surface area contributed by atoms with Gasteiger partial charge in [0, 0.05) is 5.56 Å². The van der Waals surface area contributed by atoms with Crippen LogP contribution in [0.3, 0.4) is 0 Å². The fourth-order valence-corrected chi connectivity index (χ4v) is 6.62. The largest absolute Gasteiger partial charge is 0.496 e. The molecule has 1 aliphatic heterocycles. The molecule has 0 bridgehead atoms. The van der Waals surface area contributed by atoms with Gasteiger partial charge in [-0.1, -0.05) is 61.1 Å². The molecule has 5 rings (SSSR count). The van der Waals surface area contributed by atoms with Gasteiger partial charge in [0.25, 0.3) is 5.56 Å². The summed E-state index contributed by atoms with van der Waals surface area (Å²) in [6.07, 6.45) is 3.09. The second kappa shape index (κ2) is 14.1. The van der Waals surface area contributed by atoms with Crippen molar-refractivity contribution in [2.45, 2.75) is 39.3 Å². The second-order valence-electron chi connectivity index (χ2n) is 10.1. The number of para-hydroxylation sites is 1. The zero-order valence-electron chi connectivity index (χ0n) is 24.9. The Morgan fingerprint density at radius 3 is 2.49 bits per heavy atom. The SMILES string of the molecule is CCCC1=C(C(=O)OCC)[C@@H](c2ccccc2OC)n2c(s/c(=C/c3ccc(OCc4ccc(C(=O)O)cc4)c(Br)c3)c2=O)=N1. The van der Waals surface area contributed by atoms with Crippen LogP contribution >= 0.6 is 27.3 Å². The van der Waals surface area contributed by atoms with Crippen molar-refractivity contribution in [3.63, 3.8) is 0 Å². The number of esters is 1. The lowest BCUT2D eigenvalue weighted by atomic mass is 9.93. The van der Waals surface area contributed by atoms with Crippen LogP contribution in [0.4, 0.5) is 0 Å². The molecule has 1 aliphatic rings. The lowest BCUT2D eigenvalue weighted by Crippen LogP contribution is -2.40. The molecule has 11 heteroatoms. The number of nitrogens with zero attached hydrogens (tertiary/aromatic N) is 2. The maximum Gasteiger partial charge on any atom is 0.338 e. The van der Waals surface area contributed by atoms with Crippen LogP contribution in [0, 0.1) is 0 Å². The number of allylic oxidation sites excluding steroid dienone is 1. The molecule has 0 saturated heterocycles. The van der Waals surface area contributed by atoms with Gasteiger partial charge in [-0.15, -0.1) is 0 Å². The highest BCUT2D eigenvalue weighted by molar-refractivity contribution is 9.10. The maximum atomic E-state index is 14.1. The van der Waals surface area contributed by atoms with Crippen molar-refractivity contribution in [2.24, 2.45) is 4.99 Å². The van der Waals surface area contributed by atoms with Crippen LogP contribution in [0.15, 0.2) is 92.3 Å². The van der Waals surface area contributed by atoms with Crippen molar-refractivity contribution in [3.8, 4) is 11.5 Å². The Labute approximate surface area is 271 Å². The number of rotatable bonds is 11. The van der Waals surface area contributed by atoms with Crippen LogP contribution in [0.25, 0.3) is 6.08 Å². The van der Waals surface area contributed by atoms with E-state index in [1.165, 1.54) is 23.5 Å². The molecule has 2 heterocycles. The predicted molar refractivity (Wildman–Crippen MR) is 175 cm³/mol. The minimum Gasteiger partial charge on any atom is -0.496 e. The van der Waals surface area contributed by atoms with E-state index in [9.17, 15) is 14.4 Å². The summed E-state index contributed by atoms with van der Waals surface area (Å²) in [7, 11) is 1.56. The van der Waals surface area contributed by atoms with Gasteiger partial charge in [0.05, 0.1) is 39.6 Å². The van der Waals surface area contributed by atoms with Crippen molar-refractivity contribution in [2.75, 3.05) is 13.7 Å². The summed E-state index contributed by atoms with van der Waals surface area (Å²) >= 11 is 4.83. The first-order valence-electron chi connectivity index (χ1n) is 14.3. The van der Waals surface area contributed by atoms with E-state index in [4.69, 9.17) is 24.3 Å². The van der Waals surface area contributed by atoms with Crippen molar-refractivity contribution < 1.29 is 28.9 Å². The average molecular weight is 692 g/mol. The number of halogens is 1. The summed E-state index contributed by atoms with van der Waals surface area (Å²) < 4.78 is 19.8. The number of ether oxygens (including phenoxy) is 3. The fourth-order valence-electron chi connectivity index (χ4n) is 5.09. The lowest BCUT2D eigenvalue weighted by Gasteiger charge is -2.26. The molecule has 0 aliphatic carbocycles. The summed E-state index contributed by atoms with van der Waals surface area (Å²) in [5, 5.41) is 9.10. The molecule has 4 aromatic rings. The molecule has 1 atom stereocenters. The number of hydrogen-bond acceptors (Lipinski definition) is 8. The zero-order valence-corrected chi connectivity index (χ0v) is 27.3. The lowest BCUT2D eigenvalue weighted by molar-refractivity contribution is -0.139. The van der Waals surface area contributed by atoms with E-state index in [0.29, 0.717) is 48.6 Å². The van der Waals surface area contributed by atoms with E-state index in [1.807, 2.05) is 37.3 Å². The monoisotopic (exact) mass is 690 g/mol. The number of carboxylic acids is 1. The number of fused-ring (bicyclic) bond motifs is 1. The van der Waals surface area contributed by atoms with Gasteiger partial charge in [-0.3, -0.25) is 9.36 Å². The van der Waals surface area contributed by atoms with E-state index < -0.39 is 18.0 Å². The molecule has 0 radical (unpaired) electrons. The van der Waals surface area contributed by atoms with Crippen LogP contribution in [-0.4, -0.2) is 35.3 Å². The van der Waals surface area contributed by atoms with Crippen molar-refractivity contribution in [1.82, 2.24) is 4.57 Å². The molecule has 9 nitrogen and oxygen atoms in total. The van der Waals surface area contributed by atoms with E-state index >= 15 is 0 Å². The number of carboxylic acid groups (broad SMARTS) is 1. The Morgan fingerprint density at radius 2 is 1.82 bits per heavy atom. The number of aromatic nitrogens is 1. The Morgan fingerprint density at radius 1 is 1.07 bits per heavy atom. The second-order valence-corrected chi connectivity index (χ2v) is 12.0. The van der Waals surface area contributed by atoms with Gasteiger partial charge in [0.1, 0.15) is 24.1 Å². The van der Waals surface area contributed by atoms with E-state index in [-0.39, 0.29) is 24.3 Å². The predicted octanol–water partition coefficient (Wildman–Crippen LogP) is 5.63. The van der Waals surface area contributed by atoms with Gasteiger partial charge in [-0.25, -0.2) is 14.6 Å². The minimum atomic E-state index is -0.982. The quantitative estimate of drug-likeness (QED) is 0.203. The van der Waals surface area contributed by atoms with Crippen LogP contribution in [0.1, 0.15) is 59.8 Å². The van der Waals surface area contributed by atoms with Crippen LogP contribution in [0.2, 0.25) is 0 Å². The highest BCUT2D eigenvalue weighted by Crippen LogP contribution is 2.37. The highest BCUT2D eigenvalue weighted by Gasteiger charge is 2.35. The molecule has 0 unspecified atom stereocenters. The summed E-state index contributed by atoms with van der Waals surface area (Å²) in [6, 6.07) is 18.6. The number of methoxy groups -OCH3 is 1. The molecular formula is C34H31BrN2O7S. The normalized spacial score (nSPS) is 14.5. The van der Waals surface area contributed by atoms with Gasteiger partial charge < -0.3 is 19.3 Å². The molecule has 0 fully saturated rings. The smallest absolute Gasteiger partial charge is 0.338 e. The van der Waals surface area contributed by atoms with Crippen molar-refractivity contribution >= 4 is 45.3 Å². The first-order chi connectivity index (χ1) is 21.7.